The number of hydrogen-bond acceptors (Lipinski definition) is 3. The van der Waals surface area contributed by atoms with Crippen LogP contribution in [0.2, 0.25) is 0 Å². The fraction of sp³-hybridized carbons (Fsp3) is 0.0769. The van der Waals surface area contributed by atoms with Gasteiger partial charge in [-0.2, -0.15) is 0 Å². The van der Waals surface area contributed by atoms with Crippen LogP contribution in [0.3, 0.4) is 0 Å². The van der Waals surface area contributed by atoms with Crippen LogP contribution in [0, 0.1) is 0 Å². The number of aromatic nitrogens is 1. The number of carbonyl (C=O) groups is 1. The molecule has 0 atom stereocenters. The largest absolute Gasteiger partial charge is 0.497 e. The highest BCUT2D eigenvalue weighted by atomic mass is 16.5. The average molecular weight is 245 g/mol. The van der Waals surface area contributed by atoms with Crippen LogP contribution in [0.4, 0.5) is 0 Å². The first-order valence-corrected chi connectivity index (χ1v) is 5.23. The molecule has 1 aromatic heterocycles. The average Bonchev–Trinajstić information content (AvgIpc) is 2.38. The molecule has 5 heteroatoms. The molecule has 1 N–H and O–H groups in total. The van der Waals surface area contributed by atoms with Gasteiger partial charge >= 0.3 is 5.97 Å². The van der Waals surface area contributed by atoms with Gasteiger partial charge in [-0.05, 0) is 24.3 Å². The lowest BCUT2D eigenvalue weighted by Crippen LogP contribution is -2.24. The lowest BCUT2D eigenvalue weighted by Gasteiger charge is -2.08. The van der Waals surface area contributed by atoms with Crippen molar-refractivity contribution in [3.8, 4) is 11.4 Å². The predicted molar refractivity (Wildman–Crippen MR) is 65.6 cm³/mol. The van der Waals surface area contributed by atoms with E-state index in [0.717, 1.165) is 0 Å². The van der Waals surface area contributed by atoms with E-state index in [2.05, 4.69) is 0 Å². The van der Waals surface area contributed by atoms with Gasteiger partial charge in [0.15, 0.2) is 0 Å². The molecule has 0 aliphatic heterocycles. The third kappa shape index (κ3) is 2.10. The zero-order valence-electron chi connectivity index (χ0n) is 9.66. The molecule has 1 heterocycles. The number of ether oxygens (including phenoxy) is 1. The number of carboxylic acids is 1. The van der Waals surface area contributed by atoms with Gasteiger partial charge in [0.2, 0.25) is 0 Å². The van der Waals surface area contributed by atoms with E-state index in [0.29, 0.717) is 11.4 Å². The maximum Gasteiger partial charge on any atom is 0.341 e. The van der Waals surface area contributed by atoms with E-state index in [1.54, 1.807) is 24.3 Å². The Hall–Kier alpha value is -2.56. The Morgan fingerprint density at radius 2 is 2.06 bits per heavy atom. The zero-order chi connectivity index (χ0) is 13.1. The molecule has 0 saturated carbocycles. The first kappa shape index (κ1) is 11.9. The van der Waals surface area contributed by atoms with Gasteiger partial charge in [-0.1, -0.05) is 6.07 Å². The summed E-state index contributed by atoms with van der Waals surface area (Å²) in [5.41, 5.74) is -0.277. The van der Waals surface area contributed by atoms with E-state index < -0.39 is 11.5 Å². The van der Waals surface area contributed by atoms with Gasteiger partial charge in [0.1, 0.15) is 11.3 Å². The lowest BCUT2D eigenvalue weighted by molar-refractivity contribution is 0.0694. The van der Waals surface area contributed by atoms with Gasteiger partial charge in [-0.25, -0.2) is 4.79 Å². The van der Waals surface area contributed by atoms with E-state index in [-0.39, 0.29) is 5.56 Å². The predicted octanol–water partition coefficient (Wildman–Crippen LogP) is 1.54. The van der Waals surface area contributed by atoms with Gasteiger partial charge in [0.05, 0.1) is 12.8 Å². The van der Waals surface area contributed by atoms with Crippen molar-refractivity contribution in [1.82, 2.24) is 4.57 Å². The van der Waals surface area contributed by atoms with Crippen LogP contribution in [0.5, 0.6) is 5.75 Å². The van der Waals surface area contributed by atoms with Gasteiger partial charge < -0.3 is 9.84 Å². The Labute approximate surface area is 103 Å². The van der Waals surface area contributed by atoms with Crippen LogP contribution in [0.15, 0.2) is 47.4 Å². The van der Waals surface area contributed by atoms with E-state index in [9.17, 15) is 9.59 Å². The second kappa shape index (κ2) is 4.75. The number of benzene rings is 1. The maximum atomic E-state index is 12.0. The fourth-order valence-electron chi connectivity index (χ4n) is 1.62. The van der Waals surface area contributed by atoms with Crippen LogP contribution >= 0.6 is 0 Å². The number of carboxylic acid groups (broad SMARTS) is 1. The molecule has 0 amide bonds. The molecule has 0 radical (unpaired) electrons. The topological polar surface area (TPSA) is 68.5 Å². The smallest absolute Gasteiger partial charge is 0.341 e. The molecule has 5 nitrogen and oxygen atoms in total. The van der Waals surface area contributed by atoms with Crippen molar-refractivity contribution >= 4 is 5.97 Å². The molecule has 0 aliphatic rings. The van der Waals surface area contributed by atoms with Crippen molar-refractivity contribution in [3.05, 3.63) is 58.5 Å². The minimum Gasteiger partial charge on any atom is -0.497 e. The Morgan fingerprint density at radius 1 is 1.28 bits per heavy atom. The first-order valence-electron chi connectivity index (χ1n) is 5.23. The number of rotatable bonds is 3. The monoisotopic (exact) mass is 245 g/mol. The van der Waals surface area contributed by atoms with Crippen molar-refractivity contribution in [3.63, 3.8) is 0 Å². The van der Waals surface area contributed by atoms with Crippen molar-refractivity contribution < 1.29 is 14.6 Å². The number of nitrogens with zero attached hydrogens (tertiary/aromatic N) is 1. The molecule has 2 rings (SSSR count). The molecule has 1 aromatic carbocycles. The van der Waals surface area contributed by atoms with Crippen molar-refractivity contribution in [2.45, 2.75) is 0 Å². The minimum atomic E-state index is -1.24. The van der Waals surface area contributed by atoms with E-state index in [1.165, 1.54) is 30.0 Å². The quantitative estimate of drug-likeness (QED) is 0.890. The molecule has 0 unspecified atom stereocenters. The molecule has 0 fully saturated rings. The van der Waals surface area contributed by atoms with Crippen molar-refractivity contribution in [2.75, 3.05) is 7.11 Å². The third-order valence-electron chi connectivity index (χ3n) is 2.51. The molecule has 0 spiro atoms. The van der Waals surface area contributed by atoms with Gasteiger partial charge in [-0.3, -0.25) is 9.36 Å². The minimum absolute atomic E-state index is 0.264. The van der Waals surface area contributed by atoms with Crippen LogP contribution in [0.25, 0.3) is 5.69 Å². The van der Waals surface area contributed by atoms with Crippen LogP contribution < -0.4 is 10.3 Å². The number of hydrogen-bond donors (Lipinski definition) is 1. The summed E-state index contributed by atoms with van der Waals surface area (Å²) in [6.45, 7) is 0. The fourth-order valence-corrected chi connectivity index (χ4v) is 1.62. The Kier molecular flexibility index (Phi) is 3.14. The Morgan fingerprint density at radius 3 is 2.72 bits per heavy atom. The highest BCUT2D eigenvalue weighted by Gasteiger charge is 2.11. The summed E-state index contributed by atoms with van der Waals surface area (Å²) < 4.78 is 6.33. The molecule has 0 bridgehead atoms. The standard InChI is InChI=1S/C13H11NO4/c1-18-10-5-2-4-9(8-10)14-7-3-6-11(12(14)15)13(16)17/h2-8H,1H3,(H,16,17). The van der Waals surface area contributed by atoms with E-state index in [4.69, 9.17) is 9.84 Å². The molecule has 2 aromatic rings. The summed E-state index contributed by atoms with van der Waals surface area (Å²) in [5.74, 6) is -0.641. The summed E-state index contributed by atoms with van der Waals surface area (Å²) in [7, 11) is 1.52. The Balaban J connectivity index is 2.61. The molecule has 92 valence electrons. The molecule has 0 aliphatic carbocycles. The summed E-state index contributed by atoms with van der Waals surface area (Å²) in [6, 6.07) is 9.64. The van der Waals surface area contributed by atoms with Gasteiger partial charge in [0, 0.05) is 12.3 Å². The summed E-state index contributed by atoms with van der Waals surface area (Å²) >= 11 is 0. The number of pyridine rings is 1. The summed E-state index contributed by atoms with van der Waals surface area (Å²) in [5, 5.41) is 8.90. The number of methoxy groups -OCH3 is 1. The molecular weight excluding hydrogens is 234 g/mol. The van der Waals surface area contributed by atoms with Gasteiger partial charge in [0.25, 0.3) is 5.56 Å². The molecular formula is C13H11NO4. The lowest BCUT2D eigenvalue weighted by atomic mass is 10.2. The SMILES string of the molecule is COc1cccc(-n2cccc(C(=O)O)c2=O)c1. The normalized spacial score (nSPS) is 10.1. The second-order valence-corrected chi connectivity index (χ2v) is 3.60. The highest BCUT2D eigenvalue weighted by molar-refractivity contribution is 5.87. The summed E-state index contributed by atoms with van der Waals surface area (Å²) in [6.07, 6.45) is 1.52. The van der Waals surface area contributed by atoms with Crippen molar-refractivity contribution in [1.29, 1.82) is 0 Å². The van der Waals surface area contributed by atoms with E-state index in [1.807, 2.05) is 0 Å². The Bertz CT molecular complexity index is 645. The maximum absolute atomic E-state index is 12.0. The van der Waals surface area contributed by atoms with Crippen LogP contribution in [-0.4, -0.2) is 22.8 Å². The van der Waals surface area contributed by atoms with E-state index >= 15 is 0 Å². The van der Waals surface area contributed by atoms with Gasteiger partial charge in [-0.15, -0.1) is 0 Å². The van der Waals surface area contributed by atoms with Crippen LogP contribution in [-0.2, 0) is 0 Å². The molecule has 18 heavy (non-hydrogen) atoms. The third-order valence-corrected chi connectivity index (χ3v) is 2.51. The molecule has 0 saturated heterocycles. The van der Waals surface area contributed by atoms with Crippen molar-refractivity contribution in [2.24, 2.45) is 0 Å². The summed E-state index contributed by atoms with van der Waals surface area (Å²) in [4.78, 5) is 22.8. The van der Waals surface area contributed by atoms with Crippen LogP contribution in [0.1, 0.15) is 10.4 Å². The highest BCUT2D eigenvalue weighted by Crippen LogP contribution is 2.15. The zero-order valence-corrected chi connectivity index (χ0v) is 9.66. The number of aromatic carboxylic acids is 1. The first-order chi connectivity index (χ1) is 8.63. The second-order valence-electron chi connectivity index (χ2n) is 3.60.